The maximum absolute atomic E-state index is 6.07. The Morgan fingerprint density at radius 3 is 2.45 bits per heavy atom. The maximum atomic E-state index is 6.07. The van der Waals surface area contributed by atoms with Crippen LogP contribution in [0.1, 0.15) is 6.92 Å². The van der Waals surface area contributed by atoms with Crippen LogP contribution in [0.4, 0.5) is 0 Å². The van der Waals surface area contributed by atoms with Crippen molar-refractivity contribution in [2.24, 2.45) is 0 Å². The Kier molecular flexibility index (Phi) is 2.93. The van der Waals surface area contributed by atoms with Crippen LogP contribution >= 0.6 is 0 Å². The molecular formula is C19H15BO2. The first-order valence-electron chi connectivity index (χ1n) is 7.40. The first-order valence-corrected chi connectivity index (χ1v) is 7.40. The lowest BCUT2D eigenvalue weighted by molar-refractivity contribution is 0.434. The largest absolute Gasteiger partial charge is 0.458 e. The highest BCUT2D eigenvalue weighted by atomic mass is 16.5. The average Bonchev–Trinajstić information content (AvgIpc) is 2.56. The van der Waals surface area contributed by atoms with Crippen molar-refractivity contribution in [2.75, 3.05) is 0 Å². The second-order valence-electron chi connectivity index (χ2n) is 5.37. The summed E-state index contributed by atoms with van der Waals surface area (Å²) in [7, 11) is 0. The zero-order valence-corrected chi connectivity index (χ0v) is 12.4. The van der Waals surface area contributed by atoms with E-state index >= 15 is 0 Å². The molecule has 2 aromatic rings. The van der Waals surface area contributed by atoms with Gasteiger partial charge in [0, 0.05) is 5.46 Å². The topological polar surface area (TPSA) is 18.5 Å². The van der Waals surface area contributed by atoms with Gasteiger partial charge >= 0.3 is 0 Å². The fourth-order valence-electron chi connectivity index (χ4n) is 3.23. The van der Waals surface area contributed by atoms with Gasteiger partial charge in [0.15, 0.2) is 0 Å². The highest BCUT2D eigenvalue weighted by Crippen LogP contribution is 2.35. The van der Waals surface area contributed by atoms with Crippen LogP contribution in [-0.4, -0.2) is 6.71 Å². The molecule has 106 valence electrons. The predicted octanol–water partition coefficient (Wildman–Crippen LogP) is 3.35. The van der Waals surface area contributed by atoms with E-state index in [9.17, 15) is 0 Å². The summed E-state index contributed by atoms with van der Waals surface area (Å²) in [5.41, 5.74) is 3.38. The van der Waals surface area contributed by atoms with Crippen molar-refractivity contribution in [2.45, 2.75) is 6.92 Å². The molecule has 0 aromatic heterocycles. The summed E-state index contributed by atoms with van der Waals surface area (Å²) in [5.74, 6) is 3.43. The molecule has 0 unspecified atom stereocenters. The van der Waals surface area contributed by atoms with E-state index in [1.807, 2.05) is 49.4 Å². The third-order valence-electron chi connectivity index (χ3n) is 4.11. The molecule has 2 nitrogen and oxygen atoms in total. The number of hydrogen-bond acceptors (Lipinski definition) is 2. The smallest absolute Gasteiger partial charge is 0.260 e. The van der Waals surface area contributed by atoms with Gasteiger partial charge in [0.2, 0.25) is 0 Å². The number of ether oxygens (including phenoxy) is 2. The van der Waals surface area contributed by atoms with Crippen LogP contribution in [0.15, 0.2) is 78.5 Å². The zero-order chi connectivity index (χ0) is 15.1. The van der Waals surface area contributed by atoms with Gasteiger partial charge in [0.25, 0.3) is 6.71 Å². The molecule has 3 heteroatoms. The number of benzene rings is 2. The fourth-order valence-corrected chi connectivity index (χ4v) is 3.23. The van der Waals surface area contributed by atoms with Crippen molar-refractivity contribution in [1.29, 1.82) is 0 Å². The molecule has 0 atom stereocenters. The molecule has 2 aliphatic rings. The number of hydrogen-bond donors (Lipinski definition) is 0. The Hall–Kier alpha value is -2.68. The van der Waals surface area contributed by atoms with E-state index in [1.54, 1.807) is 6.08 Å². The molecule has 0 saturated carbocycles. The van der Waals surface area contributed by atoms with Gasteiger partial charge in [-0.1, -0.05) is 43.0 Å². The molecule has 2 heterocycles. The van der Waals surface area contributed by atoms with E-state index < -0.39 is 0 Å². The van der Waals surface area contributed by atoms with Gasteiger partial charge in [-0.2, -0.15) is 0 Å². The van der Waals surface area contributed by atoms with Crippen molar-refractivity contribution < 1.29 is 9.47 Å². The standard InChI is InChI=1S/C19H15BO2/c1-3-8-13-15(4-2)21-17-11-7-12-18-19(17)20(13)14-9-5-6-10-16(14)22-18/h3-12H,2H2,1H3/b8-3-. The van der Waals surface area contributed by atoms with Crippen LogP contribution in [0.25, 0.3) is 0 Å². The predicted molar refractivity (Wildman–Crippen MR) is 90.6 cm³/mol. The van der Waals surface area contributed by atoms with Crippen LogP contribution in [0.3, 0.4) is 0 Å². The normalized spacial score (nSPS) is 15.0. The van der Waals surface area contributed by atoms with Crippen LogP contribution in [0.5, 0.6) is 17.2 Å². The minimum atomic E-state index is 0.120. The van der Waals surface area contributed by atoms with Crippen molar-refractivity contribution in [1.82, 2.24) is 0 Å². The number of fused-ring (bicyclic) bond motifs is 2. The Bertz CT molecular complexity index is 833. The van der Waals surface area contributed by atoms with Gasteiger partial charge in [-0.3, -0.25) is 0 Å². The van der Waals surface area contributed by atoms with Gasteiger partial charge in [-0.05, 0) is 42.1 Å². The number of para-hydroxylation sites is 1. The summed E-state index contributed by atoms with van der Waals surface area (Å²) in [6.45, 7) is 6.04. The molecule has 0 N–H and O–H groups in total. The quantitative estimate of drug-likeness (QED) is 0.788. The highest BCUT2D eigenvalue weighted by molar-refractivity contribution is 6.93. The van der Waals surface area contributed by atoms with E-state index in [0.29, 0.717) is 0 Å². The second kappa shape index (κ2) is 4.95. The summed E-state index contributed by atoms with van der Waals surface area (Å²) in [5, 5.41) is 0. The fraction of sp³-hybridized carbons (Fsp3) is 0.0526. The van der Waals surface area contributed by atoms with Crippen LogP contribution in [0, 0.1) is 0 Å². The van der Waals surface area contributed by atoms with E-state index in [1.165, 1.54) is 5.46 Å². The first kappa shape index (κ1) is 13.0. The molecular weight excluding hydrogens is 271 g/mol. The van der Waals surface area contributed by atoms with Crippen molar-refractivity contribution in [3.05, 3.63) is 78.5 Å². The summed E-state index contributed by atoms with van der Waals surface area (Å²) < 4.78 is 12.1. The molecule has 0 fully saturated rings. The van der Waals surface area contributed by atoms with Crippen LogP contribution in [0.2, 0.25) is 0 Å². The van der Waals surface area contributed by atoms with E-state index in [0.717, 1.165) is 33.9 Å². The molecule has 22 heavy (non-hydrogen) atoms. The lowest BCUT2D eigenvalue weighted by Gasteiger charge is -2.32. The van der Waals surface area contributed by atoms with Crippen molar-refractivity contribution >= 4 is 17.6 Å². The lowest BCUT2D eigenvalue weighted by atomic mass is 9.34. The molecule has 0 bridgehead atoms. The monoisotopic (exact) mass is 286 g/mol. The SMILES string of the molecule is C=CC1=C(/C=C\C)B2c3ccccc3Oc3cccc(c32)O1. The van der Waals surface area contributed by atoms with E-state index in [4.69, 9.17) is 9.47 Å². The molecule has 0 amide bonds. The number of rotatable bonds is 2. The third kappa shape index (κ3) is 1.75. The Morgan fingerprint density at radius 1 is 0.955 bits per heavy atom. The summed E-state index contributed by atoms with van der Waals surface area (Å²) in [6.07, 6.45) is 5.92. The minimum Gasteiger partial charge on any atom is -0.458 e. The summed E-state index contributed by atoms with van der Waals surface area (Å²) in [4.78, 5) is 0. The third-order valence-corrected chi connectivity index (χ3v) is 4.11. The second-order valence-corrected chi connectivity index (χ2v) is 5.37. The van der Waals surface area contributed by atoms with Crippen LogP contribution in [-0.2, 0) is 0 Å². The molecule has 0 radical (unpaired) electrons. The highest BCUT2D eigenvalue weighted by Gasteiger charge is 2.39. The van der Waals surface area contributed by atoms with Crippen molar-refractivity contribution in [3.63, 3.8) is 0 Å². The van der Waals surface area contributed by atoms with Crippen molar-refractivity contribution in [3.8, 4) is 17.2 Å². The van der Waals surface area contributed by atoms with Crippen LogP contribution < -0.4 is 20.4 Å². The Morgan fingerprint density at radius 2 is 1.68 bits per heavy atom. The van der Waals surface area contributed by atoms with Gasteiger partial charge in [0.1, 0.15) is 23.0 Å². The molecule has 0 aliphatic carbocycles. The average molecular weight is 286 g/mol. The molecule has 4 rings (SSSR count). The maximum Gasteiger partial charge on any atom is 0.260 e. The van der Waals surface area contributed by atoms with Gasteiger partial charge in [-0.15, -0.1) is 0 Å². The van der Waals surface area contributed by atoms with Gasteiger partial charge in [0.05, 0.1) is 0 Å². The summed E-state index contributed by atoms with van der Waals surface area (Å²) in [6, 6.07) is 14.1. The Balaban J connectivity index is 2.05. The Labute approximate surface area is 130 Å². The molecule has 2 aliphatic heterocycles. The van der Waals surface area contributed by atoms with E-state index in [-0.39, 0.29) is 6.71 Å². The lowest BCUT2D eigenvalue weighted by Crippen LogP contribution is -2.50. The molecule has 2 aromatic carbocycles. The van der Waals surface area contributed by atoms with E-state index in [2.05, 4.69) is 18.7 Å². The minimum absolute atomic E-state index is 0.120. The zero-order valence-electron chi connectivity index (χ0n) is 12.4. The first-order chi connectivity index (χ1) is 10.8. The van der Waals surface area contributed by atoms with Gasteiger partial charge < -0.3 is 9.47 Å². The molecule has 0 spiro atoms. The number of allylic oxidation sites excluding steroid dienone is 4. The van der Waals surface area contributed by atoms with Gasteiger partial charge in [-0.25, -0.2) is 0 Å². The molecule has 0 saturated heterocycles. The summed E-state index contributed by atoms with van der Waals surface area (Å²) >= 11 is 0.